The van der Waals surface area contributed by atoms with E-state index in [-0.39, 0.29) is 0 Å². The van der Waals surface area contributed by atoms with Crippen LogP contribution in [0.3, 0.4) is 0 Å². The molecule has 0 unspecified atom stereocenters. The van der Waals surface area contributed by atoms with E-state index in [0.717, 1.165) is 0 Å². The van der Waals surface area contributed by atoms with E-state index in [2.05, 4.69) is 17.8 Å². The van der Waals surface area contributed by atoms with Crippen LogP contribution in [0.15, 0.2) is 0 Å². The molecule has 0 aliphatic rings. The summed E-state index contributed by atoms with van der Waals surface area (Å²) in [5.41, 5.74) is 0. The van der Waals surface area contributed by atoms with Gasteiger partial charge in [0, 0.05) is 0 Å². The van der Waals surface area contributed by atoms with E-state index in [1.807, 2.05) is 6.08 Å². The van der Waals surface area contributed by atoms with Gasteiger partial charge in [0.2, 0.25) is 11.8 Å². The summed E-state index contributed by atoms with van der Waals surface area (Å²) in [5.74, 6) is 8.08. The van der Waals surface area contributed by atoms with Crippen molar-refractivity contribution in [3.05, 3.63) is 11.5 Å². The van der Waals surface area contributed by atoms with Crippen LogP contribution in [-0.4, -0.2) is 5.87 Å². The molecule has 0 spiro atoms. The molecular formula is C6HN. The lowest BCUT2D eigenvalue weighted by molar-refractivity contribution is 2.25. The normalized spacial score (nSPS) is 4.29. The number of rotatable bonds is 0. The molecule has 0 aromatic carbocycles. The van der Waals surface area contributed by atoms with Crippen molar-refractivity contribution < 1.29 is 1.37 Å². The molecule has 0 radical (unpaired) electrons. The van der Waals surface area contributed by atoms with Crippen molar-refractivity contribution in [3.63, 3.8) is 0 Å². The summed E-state index contributed by atoms with van der Waals surface area (Å²) >= 11 is 0. The number of nitrogens with zero attached hydrogens (tertiary/aromatic N) is 1. The minimum atomic E-state index is 1.57. The molecule has 1 heteroatoms. The average Bonchev–Trinajstić information content (AvgIpc) is 1.81. The van der Waals surface area contributed by atoms with Gasteiger partial charge in [0.1, 0.15) is 7.29 Å². The van der Waals surface area contributed by atoms with Crippen LogP contribution in [0, 0.1) is 30.2 Å². The fourth-order valence-corrected chi connectivity index (χ4v) is 0.0905. The maximum atomic E-state index is 7.81. The van der Waals surface area contributed by atoms with Gasteiger partial charge in [0.05, 0.1) is 0 Å². The first-order valence-electron chi connectivity index (χ1n) is 1.97. The summed E-state index contributed by atoms with van der Waals surface area (Å²) in [6, 6.07) is 0. The summed E-state index contributed by atoms with van der Waals surface area (Å²) in [5, 5.41) is 7.81. The quantitative estimate of drug-likeness (QED) is 0.229. The Morgan fingerprint density at radius 3 is 3.29 bits per heavy atom. The van der Waals surface area contributed by atoms with Crippen LogP contribution in [0.5, 0.6) is 0 Å². The molecule has 0 saturated carbocycles. The van der Waals surface area contributed by atoms with Crippen LogP contribution in [0.2, 0.25) is 0 Å². The zero-order valence-corrected chi connectivity index (χ0v) is 3.45. The van der Waals surface area contributed by atoms with Gasteiger partial charge in [0.15, 0.2) is 6.08 Å². The minimum absolute atomic E-state index is 1.57. The highest BCUT2D eigenvalue weighted by molar-refractivity contribution is 5.56. The summed E-state index contributed by atoms with van der Waals surface area (Å²) in [7, 11) is 0. The third-order valence-corrected chi connectivity index (χ3v) is 0.243. The fourth-order valence-electron chi connectivity index (χ4n) is 0.0905. The first kappa shape index (κ1) is 3.66. The molecule has 0 rings (SSSR count). The van der Waals surface area contributed by atoms with Crippen LogP contribution in [-0.2, 0) is 0 Å². The predicted octanol–water partition coefficient (Wildman–Crippen LogP) is 0.221. The lowest BCUT2D eigenvalue weighted by atomic mass is 10.6. The molecule has 0 saturated heterocycles. The molecule has 1 nitrogen and oxygen atoms in total. The van der Waals surface area contributed by atoms with Gasteiger partial charge in [-0.15, -0.1) is 0 Å². The van der Waals surface area contributed by atoms with E-state index in [1.165, 1.54) is 0 Å². The Balaban J connectivity index is 3.80. The van der Waals surface area contributed by atoms with E-state index in [1.54, 1.807) is 12.3 Å². The van der Waals surface area contributed by atoms with Crippen molar-refractivity contribution in [1.29, 1.82) is 0 Å². The molecule has 0 aliphatic heterocycles. The second-order valence-corrected chi connectivity index (χ2v) is 0.612. The highest BCUT2D eigenvalue weighted by Gasteiger charge is 1.64. The Labute approximate surface area is 44.0 Å². The van der Waals surface area contributed by atoms with Crippen LogP contribution >= 0.6 is 0 Å². The van der Waals surface area contributed by atoms with Crippen molar-refractivity contribution in [2.75, 3.05) is 0 Å². The third kappa shape index (κ3) is 4.48. The molecule has 0 fully saturated rings. The first-order chi connectivity index (χ1) is 3.91. The molecule has 30 valence electrons. The minimum Gasteiger partial charge on any atom is -0.734 e. The largest absolute Gasteiger partial charge is 0.734 e. The highest BCUT2D eigenvalue weighted by Crippen LogP contribution is 1.48. The third-order valence-electron chi connectivity index (χ3n) is 0.243. The van der Waals surface area contributed by atoms with E-state index in [4.69, 9.17) is 6.78 Å². The number of allylic oxidation sites excluding steroid dienone is 1. The Kier molecular flexibility index (Phi) is 2.34. The van der Waals surface area contributed by atoms with Crippen molar-refractivity contribution in [1.82, 2.24) is 0 Å². The van der Waals surface area contributed by atoms with Crippen molar-refractivity contribution in [2.24, 2.45) is 0 Å². The van der Waals surface area contributed by atoms with Crippen molar-refractivity contribution in [3.8, 4) is 24.2 Å². The predicted molar refractivity (Wildman–Crippen MR) is 28.2 cm³/mol. The molecule has 0 aliphatic carbocycles. The molecule has 0 aromatic rings. The average molecular weight is 88.1 g/mol. The number of terminal acetylenes is 1. The second-order valence-electron chi connectivity index (χ2n) is 0.612. The topological polar surface area (TPSA) is 22.3 Å². The molecule has 0 N–H and O–H groups in total. The van der Waals surface area contributed by atoms with Crippen LogP contribution in [0.1, 0.15) is 1.37 Å². The molecule has 0 atom stereocenters. The molecule has 0 bridgehead atoms. The fraction of sp³-hybridized carbons (Fsp3) is 0. The second kappa shape index (κ2) is 4.48. The van der Waals surface area contributed by atoms with Gasteiger partial charge in [-0.05, 0) is 0 Å². The van der Waals surface area contributed by atoms with Crippen molar-refractivity contribution in [2.45, 2.75) is 0 Å². The Bertz CT molecular complexity index is 214. The van der Waals surface area contributed by atoms with Crippen LogP contribution in [0.4, 0.5) is 0 Å². The van der Waals surface area contributed by atoms with Gasteiger partial charge in [-0.1, -0.05) is 12.3 Å². The van der Waals surface area contributed by atoms with E-state index >= 15 is 0 Å². The number of hydrogen-bond acceptors (Lipinski definition) is 0. The summed E-state index contributed by atoms with van der Waals surface area (Å²) in [6.45, 7) is 0. The lowest BCUT2D eigenvalue weighted by Crippen LogP contribution is -1.48. The highest BCUT2D eigenvalue weighted by atomic mass is 14.3. The maximum Gasteiger partial charge on any atom is 0.240 e. The lowest BCUT2D eigenvalue weighted by Gasteiger charge is -1.42. The van der Waals surface area contributed by atoms with E-state index in [0.29, 0.717) is 0 Å². The van der Waals surface area contributed by atoms with Gasteiger partial charge in [-0.25, -0.2) is 0 Å². The van der Waals surface area contributed by atoms with E-state index in [9.17, 15) is 0 Å². The molecular weight excluding hydrogens is 86.1 g/mol. The molecule has 7 heavy (non-hydrogen) atoms. The van der Waals surface area contributed by atoms with Gasteiger partial charge in [-0.2, -0.15) is 0 Å². The maximum absolute atomic E-state index is 7.81. The first-order valence-corrected chi connectivity index (χ1v) is 1.47. The number of hydrogen-bond donors (Lipinski definition) is 0. The SMILES string of the molecule is [2H]C#CC#C[C+]=C=[N-]. The van der Waals surface area contributed by atoms with Crippen LogP contribution in [0.25, 0.3) is 5.41 Å². The summed E-state index contributed by atoms with van der Waals surface area (Å²) in [4.78, 5) is 0. The standard InChI is InChI=1S/C6HN/c1-2-3-4-5-6-7/h1H/i1D. The van der Waals surface area contributed by atoms with Crippen molar-refractivity contribution >= 4 is 5.87 Å². The van der Waals surface area contributed by atoms with Crippen LogP contribution < -0.4 is 0 Å². The molecule has 0 amide bonds. The smallest absolute Gasteiger partial charge is 0.240 e. The zero-order chi connectivity index (χ0) is 6.24. The van der Waals surface area contributed by atoms with E-state index < -0.39 is 0 Å². The Hall–Kier alpha value is -1.52. The summed E-state index contributed by atoms with van der Waals surface area (Å²) in [6.07, 6.45) is 3.85. The Morgan fingerprint density at radius 1 is 1.86 bits per heavy atom. The zero-order valence-electron chi connectivity index (χ0n) is 4.45. The van der Waals surface area contributed by atoms with Gasteiger partial charge >= 0.3 is 0 Å². The van der Waals surface area contributed by atoms with Gasteiger partial charge in [-0.3, -0.25) is 0 Å². The Morgan fingerprint density at radius 2 is 2.71 bits per heavy atom. The monoisotopic (exact) mass is 88.0 g/mol. The molecule has 0 aromatic heterocycles. The molecule has 0 heterocycles. The van der Waals surface area contributed by atoms with Gasteiger partial charge < -0.3 is 5.41 Å². The van der Waals surface area contributed by atoms with Gasteiger partial charge in [0.25, 0.3) is 0 Å². The summed E-state index contributed by atoms with van der Waals surface area (Å²) < 4.78 is 6.26.